The van der Waals surface area contributed by atoms with Gasteiger partial charge in [0.15, 0.2) is 0 Å². The summed E-state index contributed by atoms with van der Waals surface area (Å²) in [4.78, 5) is 0. The second-order valence-corrected chi connectivity index (χ2v) is 4.78. The quantitative estimate of drug-likeness (QED) is 0.590. The van der Waals surface area contributed by atoms with E-state index < -0.39 is 0 Å². The van der Waals surface area contributed by atoms with E-state index in [0.717, 1.165) is 12.3 Å². The molecule has 2 rings (SSSR count). The lowest BCUT2D eigenvalue weighted by Crippen LogP contribution is -2.30. The highest BCUT2D eigenvalue weighted by atomic mass is 32.2. The molecule has 1 aromatic rings. The fraction of sp³-hybridized carbons (Fsp3) is 0.500. The Morgan fingerprint density at radius 3 is 2.93 bits per heavy atom. The summed E-state index contributed by atoms with van der Waals surface area (Å²) < 4.78 is 3.43. The van der Waals surface area contributed by atoms with Crippen molar-refractivity contribution in [3.8, 4) is 0 Å². The Bertz CT molecular complexity index is 270. The molecular formula is C12H18N2S. The van der Waals surface area contributed by atoms with E-state index in [4.69, 9.17) is 0 Å². The predicted octanol–water partition coefficient (Wildman–Crippen LogP) is 2.18. The van der Waals surface area contributed by atoms with Gasteiger partial charge < -0.3 is 5.32 Å². The van der Waals surface area contributed by atoms with Crippen LogP contribution in [0, 0.1) is 0 Å². The highest BCUT2D eigenvalue weighted by molar-refractivity contribution is 7.96. The number of benzene rings is 1. The van der Waals surface area contributed by atoms with Crippen LogP contribution >= 0.6 is 11.9 Å². The zero-order chi connectivity index (χ0) is 10.3. The fourth-order valence-electron chi connectivity index (χ4n) is 1.80. The van der Waals surface area contributed by atoms with E-state index in [2.05, 4.69) is 40.4 Å². The van der Waals surface area contributed by atoms with Crippen LogP contribution in [0.25, 0.3) is 0 Å². The minimum atomic E-state index is 0.688. The molecule has 3 heteroatoms. The van der Waals surface area contributed by atoms with Crippen molar-refractivity contribution in [2.24, 2.45) is 0 Å². The third-order valence-electron chi connectivity index (χ3n) is 2.68. The van der Waals surface area contributed by atoms with Crippen molar-refractivity contribution in [2.45, 2.75) is 24.6 Å². The van der Waals surface area contributed by atoms with Crippen molar-refractivity contribution in [1.82, 2.24) is 10.0 Å². The lowest BCUT2D eigenvalue weighted by atomic mass is 10.2. The molecule has 1 heterocycles. The average molecular weight is 222 g/mol. The summed E-state index contributed by atoms with van der Waals surface area (Å²) in [5.41, 5.74) is 1.38. The Morgan fingerprint density at radius 2 is 2.20 bits per heavy atom. The predicted molar refractivity (Wildman–Crippen MR) is 66.8 cm³/mol. The first-order valence-electron chi connectivity index (χ1n) is 5.57. The molecule has 0 spiro atoms. The van der Waals surface area contributed by atoms with Crippen LogP contribution in [0.2, 0.25) is 0 Å². The molecule has 2 N–H and O–H groups in total. The highest BCUT2D eigenvalue weighted by Gasteiger charge is 2.12. The first-order valence-corrected chi connectivity index (χ1v) is 6.55. The molecule has 1 aliphatic heterocycles. The number of hydrogen-bond donors (Lipinski definition) is 2. The second-order valence-electron chi connectivity index (χ2n) is 3.92. The highest BCUT2D eigenvalue weighted by Crippen LogP contribution is 2.09. The van der Waals surface area contributed by atoms with E-state index in [1.165, 1.54) is 24.9 Å². The Kier molecular flexibility index (Phi) is 4.51. The summed E-state index contributed by atoms with van der Waals surface area (Å²) in [5.74, 6) is 1.05. The van der Waals surface area contributed by atoms with Gasteiger partial charge in [0.1, 0.15) is 0 Å². The molecule has 15 heavy (non-hydrogen) atoms. The standard InChI is InChI=1S/C12H18N2S/c1-2-5-11(6-3-1)10-15-14-9-12-7-4-8-13-12/h1-3,5-6,12-14H,4,7-10H2/t12-/m0/s1. The van der Waals surface area contributed by atoms with Crippen molar-refractivity contribution in [3.05, 3.63) is 35.9 Å². The molecule has 0 aromatic heterocycles. The van der Waals surface area contributed by atoms with Crippen LogP contribution in [0.1, 0.15) is 18.4 Å². The Hall–Kier alpha value is -0.510. The molecule has 1 aromatic carbocycles. The van der Waals surface area contributed by atoms with Gasteiger partial charge in [-0.15, -0.1) is 0 Å². The zero-order valence-electron chi connectivity index (χ0n) is 8.91. The van der Waals surface area contributed by atoms with Gasteiger partial charge in [-0.3, -0.25) is 4.72 Å². The van der Waals surface area contributed by atoms with E-state index in [-0.39, 0.29) is 0 Å². The van der Waals surface area contributed by atoms with Gasteiger partial charge in [0.2, 0.25) is 0 Å². The molecule has 0 radical (unpaired) electrons. The molecule has 1 aliphatic rings. The van der Waals surface area contributed by atoms with Crippen LogP contribution in [0.3, 0.4) is 0 Å². The maximum absolute atomic E-state index is 3.48. The molecule has 0 aliphatic carbocycles. The summed E-state index contributed by atoms with van der Waals surface area (Å²) in [6.07, 6.45) is 2.65. The largest absolute Gasteiger partial charge is 0.313 e. The van der Waals surface area contributed by atoms with E-state index in [1.807, 2.05) is 0 Å². The molecule has 0 bridgehead atoms. The fourth-order valence-corrected chi connectivity index (χ4v) is 2.58. The van der Waals surface area contributed by atoms with Crippen molar-refractivity contribution >= 4 is 11.9 Å². The lowest BCUT2D eigenvalue weighted by Gasteiger charge is -2.10. The van der Waals surface area contributed by atoms with Crippen molar-refractivity contribution in [3.63, 3.8) is 0 Å². The topological polar surface area (TPSA) is 24.1 Å². The van der Waals surface area contributed by atoms with Crippen molar-refractivity contribution in [1.29, 1.82) is 0 Å². The maximum Gasteiger partial charge on any atom is 0.0330 e. The summed E-state index contributed by atoms with van der Waals surface area (Å²) in [6, 6.07) is 11.3. The molecular weight excluding hydrogens is 204 g/mol. The Morgan fingerprint density at radius 1 is 1.33 bits per heavy atom. The summed E-state index contributed by atoms with van der Waals surface area (Å²) >= 11 is 1.80. The van der Waals surface area contributed by atoms with Gasteiger partial charge in [-0.05, 0) is 24.9 Å². The molecule has 0 amide bonds. The average Bonchev–Trinajstić information content (AvgIpc) is 2.79. The molecule has 2 nitrogen and oxygen atoms in total. The summed E-state index contributed by atoms with van der Waals surface area (Å²) in [6.45, 7) is 2.27. The third kappa shape index (κ3) is 3.86. The van der Waals surface area contributed by atoms with Crippen molar-refractivity contribution in [2.75, 3.05) is 13.1 Å². The SMILES string of the molecule is c1ccc(CSNC[C@@H]2CCCN2)cc1. The normalized spacial score (nSPS) is 20.7. The Balaban J connectivity index is 1.59. The van der Waals surface area contributed by atoms with Gasteiger partial charge in [0.25, 0.3) is 0 Å². The van der Waals surface area contributed by atoms with E-state index in [1.54, 1.807) is 11.9 Å². The van der Waals surface area contributed by atoms with E-state index in [9.17, 15) is 0 Å². The van der Waals surface area contributed by atoms with E-state index in [0.29, 0.717) is 6.04 Å². The van der Waals surface area contributed by atoms with Crippen molar-refractivity contribution < 1.29 is 0 Å². The number of hydrogen-bond acceptors (Lipinski definition) is 3. The smallest absolute Gasteiger partial charge is 0.0330 e. The van der Waals surface area contributed by atoms with Crippen LogP contribution in [0.15, 0.2) is 30.3 Å². The Labute approximate surface area is 96.0 Å². The van der Waals surface area contributed by atoms with Crippen LogP contribution in [0.4, 0.5) is 0 Å². The van der Waals surface area contributed by atoms with Crippen LogP contribution < -0.4 is 10.0 Å². The lowest BCUT2D eigenvalue weighted by molar-refractivity contribution is 0.600. The van der Waals surface area contributed by atoms with Crippen LogP contribution in [0.5, 0.6) is 0 Å². The molecule has 1 saturated heterocycles. The number of rotatable bonds is 5. The first kappa shape index (κ1) is 11.0. The van der Waals surface area contributed by atoms with E-state index >= 15 is 0 Å². The number of nitrogens with one attached hydrogen (secondary N) is 2. The molecule has 0 unspecified atom stereocenters. The molecule has 1 fully saturated rings. The van der Waals surface area contributed by atoms with Gasteiger partial charge in [-0.1, -0.05) is 42.3 Å². The van der Waals surface area contributed by atoms with Gasteiger partial charge >= 0.3 is 0 Å². The second kappa shape index (κ2) is 6.16. The van der Waals surface area contributed by atoms with Gasteiger partial charge in [0.05, 0.1) is 0 Å². The molecule has 82 valence electrons. The minimum absolute atomic E-state index is 0.688. The van der Waals surface area contributed by atoms with Gasteiger partial charge in [-0.25, -0.2) is 0 Å². The molecule has 0 saturated carbocycles. The minimum Gasteiger partial charge on any atom is -0.313 e. The summed E-state index contributed by atoms with van der Waals surface area (Å²) in [7, 11) is 0. The monoisotopic (exact) mass is 222 g/mol. The first-order chi connectivity index (χ1) is 7.45. The summed E-state index contributed by atoms with van der Waals surface area (Å²) in [5, 5.41) is 3.48. The maximum atomic E-state index is 3.48. The zero-order valence-corrected chi connectivity index (χ0v) is 9.72. The van der Waals surface area contributed by atoms with Crippen LogP contribution in [-0.2, 0) is 5.75 Å². The van der Waals surface area contributed by atoms with Gasteiger partial charge in [0, 0.05) is 18.3 Å². The third-order valence-corrected chi connectivity index (χ3v) is 3.52. The van der Waals surface area contributed by atoms with Crippen LogP contribution in [-0.4, -0.2) is 19.1 Å². The molecule has 1 atom stereocenters. The van der Waals surface area contributed by atoms with Gasteiger partial charge in [-0.2, -0.15) is 0 Å².